The van der Waals surface area contributed by atoms with Crippen LogP contribution in [-0.2, 0) is 4.79 Å². The average Bonchev–Trinajstić information content (AvgIpc) is 2.70. The fraction of sp³-hybridized carbons (Fsp3) is 0.667. The first-order chi connectivity index (χ1) is 13.1. The molecule has 0 aromatic heterocycles. The Balaban J connectivity index is 1.37. The van der Waals surface area contributed by atoms with Crippen molar-refractivity contribution in [3.05, 3.63) is 28.2 Å². The molecule has 3 rings (SSSR count). The average molecular weight is 412 g/mol. The summed E-state index contributed by atoms with van der Waals surface area (Å²) in [6, 6.07) is 6.26. The molecule has 1 saturated carbocycles. The summed E-state index contributed by atoms with van der Waals surface area (Å²) in [4.78, 5) is 16.4. The molecule has 1 aliphatic heterocycles. The third kappa shape index (κ3) is 5.75. The van der Waals surface area contributed by atoms with Crippen LogP contribution in [-0.4, -0.2) is 49.6 Å². The van der Waals surface area contributed by atoms with Gasteiger partial charge in [0.1, 0.15) is 0 Å². The molecule has 1 saturated heterocycles. The fourth-order valence-corrected chi connectivity index (χ4v) is 4.65. The third-order valence-corrected chi connectivity index (χ3v) is 6.84. The van der Waals surface area contributed by atoms with Gasteiger partial charge in [0.15, 0.2) is 0 Å². The van der Waals surface area contributed by atoms with Crippen LogP contribution >= 0.6 is 23.2 Å². The molecule has 1 heterocycles. The number of amides is 1. The number of halogens is 2. The molecule has 2 fully saturated rings. The van der Waals surface area contributed by atoms with Crippen LogP contribution in [0.25, 0.3) is 0 Å². The predicted molar refractivity (Wildman–Crippen MR) is 114 cm³/mol. The van der Waals surface area contributed by atoms with Crippen molar-refractivity contribution in [1.82, 2.24) is 10.2 Å². The number of anilines is 1. The highest BCUT2D eigenvalue weighted by molar-refractivity contribution is 6.43. The largest absolute Gasteiger partial charge is 0.368 e. The molecule has 1 aromatic carbocycles. The Morgan fingerprint density at radius 3 is 2.48 bits per heavy atom. The van der Waals surface area contributed by atoms with Gasteiger partial charge in [-0.1, -0.05) is 36.2 Å². The van der Waals surface area contributed by atoms with Crippen molar-refractivity contribution < 1.29 is 4.79 Å². The molecular weight excluding hydrogens is 381 g/mol. The quantitative estimate of drug-likeness (QED) is 0.743. The summed E-state index contributed by atoms with van der Waals surface area (Å²) in [5.74, 6) is 0.997. The zero-order valence-corrected chi connectivity index (χ0v) is 17.7. The van der Waals surface area contributed by atoms with E-state index in [0.717, 1.165) is 50.6 Å². The number of hydrogen-bond donors (Lipinski definition) is 1. The topological polar surface area (TPSA) is 35.6 Å². The lowest BCUT2D eigenvalue weighted by Gasteiger charge is -2.37. The van der Waals surface area contributed by atoms with E-state index in [1.165, 1.54) is 25.8 Å². The van der Waals surface area contributed by atoms with E-state index in [1.807, 2.05) is 19.1 Å². The maximum atomic E-state index is 11.5. The predicted octanol–water partition coefficient (Wildman–Crippen LogP) is 4.59. The molecule has 4 nitrogen and oxygen atoms in total. The summed E-state index contributed by atoms with van der Waals surface area (Å²) in [5.41, 5.74) is 1.05. The second-order valence-electron chi connectivity index (χ2n) is 7.83. The minimum absolute atomic E-state index is 0.191. The van der Waals surface area contributed by atoms with Crippen LogP contribution in [0, 0.1) is 5.92 Å². The normalized spacial score (nSPS) is 24.0. The van der Waals surface area contributed by atoms with E-state index in [1.54, 1.807) is 0 Å². The number of nitrogens with zero attached hydrogens (tertiary/aromatic N) is 2. The number of hydrogen-bond acceptors (Lipinski definition) is 3. The zero-order valence-electron chi connectivity index (χ0n) is 16.2. The van der Waals surface area contributed by atoms with Crippen molar-refractivity contribution in [2.45, 2.75) is 51.5 Å². The van der Waals surface area contributed by atoms with Crippen LogP contribution in [0.3, 0.4) is 0 Å². The van der Waals surface area contributed by atoms with Gasteiger partial charge in [-0.2, -0.15) is 0 Å². The Labute approximate surface area is 173 Å². The Morgan fingerprint density at radius 1 is 1.11 bits per heavy atom. The van der Waals surface area contributed by atoms with E-state index < -0.39 is 0 Å². The maximum absolute atomic E-state index is 11.5. The van der Waals surface area contributed by atoms with Crippen molar-refractivity contribution in [1.29, 1.82) is 0 Å². The van der Waals surface area contributed by atoms with Gasteiger partial charge in [0.2, 0.25) is 5.91 Å². The summed E-state index contributed by atoms with van der Waals surface area (Å²) >= 11 is 12.5. The van der Waals surface area contributed by atoms with E-state index in [4.69, 9.17) is 23.2 Å². The molecule has 0 unspecified atom stereocenters. The van der Waals surface area contributed by atoms with E-state index in [9.17, 15) is 4.79 Å². The molecule has 0 radical (unpaired) electrons. The standard InChI is InChI=1S/C21H31Cl2N3O/c1-2-20(27)24-17-8-6-16(7-9-17)10-11-25-12-14-26(15-13-25)19-5-3-4-18(22)21(19)23/h3-5,16-17H,2,6-15H2,1H3,(H,24,27)/t16-,17-. The molecule has 150 valence electrons. The molecule has 1 aromatic rings. The van der Waals surface area contributed by atoms with E-state index in [0.29, 0.717) is 22.5 Å². The molecule has 27 heavy (non-hydrogen) atoms. The van der Waals surface area contributed by atoms with Crippen LogP contribution in [0.5, 0.6) is 0 Å². The summed E-state index contributed by atoms with van der Waals surface area (Å²) in [7, 11) is 0. The molecule has 1 aliphatic carbocycles. The monoisotopic (exact) mass is 411 g/mol. The third-order valence-electron chi connectivity index (χ3n) is 6.03. The minimum Gasteiger partial charge on any atom is -0.368 e. The fourth-order valence-electron chi connectivity index (χ4n) is 4.24. The van der Waals surface area contributed by atoms with Gasteiger partial charge in [0.25, 0.3) is 0 Å². The highest BCUT2D eigenvalue weighted by Crippen LogP contribution is 2.33. The van der Waals surface area contributed by atoms with Crippen molar-refractivity contribution >= 4 is 34.8 Å². The highest BCUT2D eigenvalue weighted by atomic mass is 35.5. The Morgan fingerprint density at radius 2 is 1.81 bits per heavy atom. The first kappa shape index (κ1) is 20.8. The molecular formula is C21H31Cl2N3O. The Hall–Kier alpha value is -0.970. The van der Waals surface area contributed by atoms with Gasteiger partial charge in [-0.05, 0) is 56.7 Å². The molecule has 0 spiro atoms. The smallest absolute Gasteiger partial charge is 0.219 e. The first-order valence-corrected chi connectivity index (χ1v) is 11.0. The SMILES string of the molecule is CCC(=O)N[C@H]1CC[C@H](CCN2CCN(c3cccc(Cl)c3Cl)CC2)CC1. The van der Waals surface area contributed by atoms with Gasteiger partial charge in [0.05, 0.1) is 15.7 Å². The number of nitrogens with one attached hydrogen (secondary N) is 1. The van der Waals surface area contributed by atoms with E-state index in [-0.39, 0.29) is 5.91 Å². The lowest BCUT2D eigenvalue weighted by molar-refractivity contribution is -0.121. The summed E-state index contributed by atoms with van der Waals surface area (Å²) in [5, 5.41) is 4.44. The first-order valence-electron chi connectivity index (χ1n) is 10.3. The molecule has 2 aliphatic rings. The second kappa shape index (κ2) is 9.99. The van der Waals surface area contributed by atoms with Gasteiger partial charge in [-0.15, -0.1) is 0 Å². The van der Waals surface area contributed by atoms with Crippen LogP contribution in [0.15, 0.2) is 18.2 Å². The van der Waals surface area contributed by atoms with Gasteiger partial charge in [-0.3, -0.25) is 9.69 Å². The highest BCUT2D eigenvalue weighted by Gasteiger charge is 2.24. The molecule has 1 N–H and O–H groups in total. The van der Waals surface area contributed by atoms with E-state index >= 15 is 0 Å². The van der Waals surface area contributed by atoms with Gasteiger partial charge in [0, 0.05) is 38.6 Å². The molecule has 1 amide bonds. The lowest BCUT2D eigenvalue weighted by Crippen LogP contribution is -2.47. The van der Waals surface area contributed by atoms with Gasteiger partial charge >= 0.3 is 0 Å². The summed E-state index contributed by atoms with van der Waals surface area (Å²) in [6.07, 6.45) is 6.62. The maximum Gasteiger partial charge on any atom is 0.219 e. The number of piperazine rings is 1. The van der Waals surface area contributed by atoms with Crippen molar-refractivity contribution in [2.75, 3.05) is 37.6 Å². The van der Waals surface area contributed by atoms with Crippen molar-refractivity contribution in [3.63, 3.8) is 0 Å². The second-order valence-corrected chi connectivity index (χ2v) is 8.61. The summed E-state index contributed by atoms with van der Waals surface area (Å²) < 4.78 is 0. The van der Waals surface area contributed by atoms with Crippen LogP contribution < -0.4 is 10.2 Å². The summed E-state index contributed by atoms with van der Waals surface area (Å²) in [6.45, 7) is 7.23. The van der Waals surface area contributed by atoms with Gasteiger partial charge < -0.3 is 10.2 Å². The van der Waals surface area contributed by atoms with Gasteiger partial charge in [-0.25, -0.2) is 0 Å². The Kier molecular flexibility index (Phi) is 7.68. The zero-order chi connectivity index (χ0) is 19.2. The van der Waals surface area contributed by atoms with Crippen LogP contribution in [0.2, 0.25) is 10.0 Å². The van der Waals surface area contributed by atoms with E-state index in [2.05, 4.69) is 21.2 Å². The van der Waals surface area contributed by atoms with Crippen LogP contribution in [0.4, 0.5) is 5.69 Å². The number of carbonyl (C=O) groups is 1. The lowest BCUT2D eigenvalue weighted by atomic mass is 9.84. The molecule has 6 heteroatoms. The minimum atomic E-state index is 0.191. The number of carbonyl (C=O) groups excluding carboxylic acids is 1. The van der Waals surface area contributed by atoms with Crippen molar-refractivity contribution in [3.8, 4) is 0 Å². The van der Waals surface area contributed by atoms with Crippen molar-refractivity contribution in [2.24, 2.45) is 5.92 Å². The molecule has 0 bridgehead atoms. The Bertz CT molecular complexity index is 624. The van der Waals surface area contributed by atoms with Crippen LogP contribution in [0.1, 0.15) is 45.4 Å². The molecule has 0 atom stereocenters. The number of rotatable bonds is 6. The number of benzene rings is 1.